The minimum atomic E-state index is -4.41. The molecule has 0 bridgehead atoms. The van der Waals surface area contributed by atoms with Crippen molar-refractivity contribution in [2.75, 3.05) is 5.32 Å². The number of nitrogens with one attached hydrogen (secondary N) is 1. The number of carbonyl (C=O) groups is 2. The lowest BCUT2D eigenvalue weighted by atomic mass is 9.98. The van der Waals surface area contributed by atoms with E-state index in [1.165, 1.54) is 6.92 Å². The van der Waals surface area contributed by atoms with E-state index in [4.69, 9.17) is 5.11 Å². The van der Waals surface area contributed by atoms with E-state index in [0.29, 0.717) is 22.5 Å². The molecule has 0 aliphatic rings. The van der Waals surface area contributed by atoms with Crippen LogP contribution in [0.3, 0.4) is 0 Å². The number of anilines is 1. The Bertz CT molecular complexity index is 859. The molecule has 0 aliphatic heterocycles. The molecule has 1 amide bonds. The van der Waals surface area contributed by atoms with Crippen LogP contribution in [0.1, 0.15) is 35.4 Å². The van der Waals surface area contributed by atoms with Gasteiger partial charge in [-0.3, -0.25) is 14.3 Å². The zero-order chi connectivity index (χ0) is 20.4. The number of carboxylic acids is 1. The van der Waals surface area contributed by atoms with Gasteiger partial charge in [0.1, 0.15) is 6.54 Å². The normalized spacial score (nSPS) is 12.7. The van der Waals surface area contributed by atoms with Gasteiger partial charge in [0, 0.05) is 16.9 Å². The van der Waals surface area contributed by atoms with Gasteiger partial charge in [0.25, 0.3) is 0 Å². The van der Waals surface area contributed by atoms with Gasteiger partial charge in [0.15, 0.2) is 0 Å². The summed E-state index contributed by atoms with van der Waals surface area (Å²) in [6.45, 7) is 3.39. The summed E-state index contributed by atoms with van der Waals surface area (Å²) in [6.07, 6.45) is -4.67. The molecular formula is C18H20F3N3O3. The summed E-state index contributed by atoms with van der Waals surface area (Å²) >= 11 is 0. The van der Waals surface area contributed by atoms with Crippen molar-refractivity contribution in [2.24, 2.45) is 0 Å². The smallest absolute Gasteiger partial charge is 0.408 e. The minimum absolute atomic E-state index is 0.258. The summed E-state index contributed by atoms with van der Waals surface area (Å²) < 4.78 is 38.9. The van der Waals surface area contributed by atoms with Gasteiger partial charge < -0.3 is 10.4 Å². The molecule has 2 aromatic rings. The number of alkyl halides is 3. The minimum Gasteiger partial charge on any atom is -0.481 e. The Morgan fingerprint density at radius 2 is 1.89 bits per heavy atom. The van der Waals surface area contributed by atoms with Gasteiger partial charge in [-0.05, 0) is 32.4 Å². The molecule has 6 nitrogen and oxygen atoms in total. The number of rotatable bonds is 6. The molecule has 1 atom stereocenters. The van der Waals surface area contributed by atoms with Crippen LogP contribution >= 0.6 is 0 Å². The van der Waals surface area contributed by atoms with Gasteiger partial charge in [-0.25, -0.2) is 0 Å². The van der Waals surface area contributed by atoms with Crippen LogP contribution in [0, 0.1) is 13.8 Å². The van der Waals surface area contributed by atoms with E-state index in [1.807, 2.05) is 0 Å². The Labute approximate surface area is 154 Å². The Morgan fingerprint density at radius 3 is 2.48 bits per heavy atom. The molecule has 1 aromatic carbocycles. The number of carbonyl (C=O) groups excluding carboxylic acids is 1. The highest BCUT2D eigenvalue weighted by atomic mass is 19.4. The summed E-state index contributed by atoms with van der Waals surface area (Å²) in [5.74, 6) is -2.25. The molecule has 1 unspecified atom stereocenters. The highest BCUT2D eigenvalue weighted by Gasteiger charge is 2.31. The number of carboxylic acid groups (broad SMARTS) is 1. The van der Waals surface area contributed by atoms with Crippen LogP contribution in [0.25, 0.3) is 0 Å². The maximum absolute atomic E-state index is 12.7. The zero-order valence-corrected chi connectivity index (χ0v) is 15.1. The molecule has 9 heteroatoms. The van der Waals surface area contributed by atoms with E-state index in [1.54, 1.807) is 38.1 Å². The number of nitrogens with zero attached hydrogens (tertiary/aromatic N) is 2. The molecule has 0 radical (unpaired) electrons. The van der Waals surface area contributed by atoms with Crippen LogP contribution in [0.2, 0.25) is 0 Å². The lowest BCUT2D eigenvalue weighted by Crippen LogP contribution is -2.22. The third-order valence-electron chi connectivity index (χ3n) is 4.21. The molecule has 27 heavy (non-hydrogen) atoms. The number of para-hydroxylation sites is 1. The van der Waals surface area contributed by atoms with Crippen molar-refractivity contribution in [1.82, 2.24) is 9.78 Å². The fraction of sp³-hybridized carbons (Fsp3) is 0.389. The van der Waals surface area contributed by atoms with Crippen molar-refractivity contribution < 1.29 is 27.9 Å². The Hall–Kier alpha value is -2.84. The van der Waals surface area contributed by atoms with Crippen LogP contribution in [0.5, 0.6) is 0 Å². The number of hydrogen-bond acceptors (Lipinski definition) is 3. The van der Waals surface area contributed by atoms with E-state index in [0.717, 1.165) is 4.68 Å². The van der Waals surface area contributed by atoms with Crippen molar-refractivity contribution >= 4 is 17.6 Å². The van der Waals surface area contributed by atoms with Gasteiger partial charge in [-0.1, -0.05) is 18.2 Å². The zero-order valence-electron chi connectivity index (χ0n) is 15.1. The first kappa shape index (κ1) is 20.5. The quantitative estimate of drug-likeness (QED) is 0.800. The Balaban J connectivity index is 2.25. The number of aromatic nitrogens is 2. The molecule has 1 aromatic heterocycles. The summed E-state index contributed by atoms with van der Waals surface area (Å²) in [5, 5.41) is 15.5. The molecule has 0 aliphatic carbocycles. The SMILES string of the molecule is Cc1nn(CC(F)(F)F)c(C)c1C(C)C(=O)Nc1ccccc1CC(=O)O. The van der Waals surface area contributed by atoms with Crippen LogP contribution in [0.4, 0.5) is 18.9 Å². The van der Waals surface area contributed by atoms with E-state index in [2.05, 4.69) is 10.4 Å². The molecule has 0 saturated heterocycles. The van der Waals surface area contributed by atoms with Gasteiger partial charge in [-0.2, -0.15) is 18.3 Å². The summed E-state index contributed by atoms with van der Waals surface area (Å²) in [4.78, 5) is 23.6. The number of halogens is 3. The first-order valence-corrected chi connectivity index (χ1v) is 8.20. The average molecular weight is 383 g/mol. The molecule has 146 valence electrons. The summed E-state index contributed by atoms with van der Waals surface area (Å²) in [6, 6.07) is 6.48. The number of benzene rings is 1. The fourth-order valence-electron chi connectivity index (χ4n) is 2.99. The Morgan fingerprint density at radius 1 is 1.26 bits per heavy atom. The number of amides is 1. The van der Waals surface area contributed by atoms with Gasteiger partial charge in [0.05, 0.1) is 18.0 Å². The van der Waals surface area contributed by atoms with Crippen LogP contribution in [0.15, 0.2) is 24.3 Å². The van der Waals surface area contributed by atoms with E-state index >= 15 is 0 Å². The number of aryl methyl sites for hydroxylation is 1. The second kappa shape index (κ2) is 7.81. The van der Waals surface area contributed by atoms with E-state index in [9.17, 15) is 22.8 Å². The summed E-state index contributed by atoms with van der Waals surface area (Å²) in [5.41, 5.74) is 1.83. The van der Waals surface area contributed by atoms with Crippen molar-refractivity contribution in [1.29, 1.82) is 0 Å². The van der Waals surface area contributed by atoms with Crippen molar-refractivity contribution in [3.63, 3.8) is 0 Å². The Kier molecular flexibility index (Phi) is 5.92. The van der Waals surface area contributed by atoms with E-state index < -0.39 is 30.5 Å². The molecule has 2 N–H and O–H groups in total. The van der Waals surface area contributed by atoms with Crippen molar-refractivity contribution in [2.45, 2.75) is 45.8 Å². The third kappa shape index (κ3) is 5.08. The number of aliphatic carboxylic acids is 1. The molecule has 1 heterocycles. The average Bonchev–Trinajstić information content (AvgIpc) is 2.80. The van der Waals surface area contributed by atoms with Crippen LogP contribution < -0.4 is 5.32 Å². The lowest BCUT2D eigenvalue weighted by Gasteiger charge is -2.15. The third-order valence-corrected chi connectivity index (χ3v) is 4.21. The van der Waals surface area contributed by atoms with Gasteiger partial charge in [-0.15, -0.1) is 0 Å². The monoisotopic (exact) mass is 383 g/mol. The standard InChI is InChI=1S/C18H20F3N3O3/c1-10(16-11(2)23-24(12(16)3)9-18(19,20)21)17(27)22-14-7-5-4-6-13(14)8-15(25)26/h4-7,10H,8-9H2,1-3H3,(H,22,27)(H,25,26). The topological polar surface area (TPSA) is 84.2 Å². The van der Waals surface area contributed by atoms with Crippen LogP contribution in [-0.4, -0.2) is 32.9 Å². The van der Waals surface area contributed by atoms with Gasteiger partial charge >= 0.3 is 12.1 Å². The molecule has 2 rings (SSSR count). The maximum Gasteiger partial charge on any atom is 0.408 e. The predicted molar refractivity (Wildman–Crippen MR) is 92.6 cm³/mol. The molecule has 0 saturated carbocycles. The lowest BCUT2D eigenvalue weighted by molar-refractivity contribution is -0.143. The van der Waals surface area contributed by atoms with Gasteiger partial charge in [0.2, 0.25) is 5.91 Å². The van der Waals surface area contributed by atoms with Crippen molar-refractivity contribution in [3.8, 4) is 0 Å². The first-order chi connectivity index (χ1) is 12.5. The maximum atomic E-state index is 12.7. The highest BCUT2D eigenvalue weighted by Crippen LogP contribution is 2.27. The second-order valence-corrected chi connectivity index (χ2v) is 6.30. The molecule has 0 spiro atoms. The fourth-order valence-corrected chi connectivity index (χ4v) is 2.99. The second-order valence-electron chi connectivity index (χ2n) is 6.30. The first-order valence-electron chi connectivity index (χ1n) is 8.20. The van der Waals surface area contributed by atoms with E-state index in [-0.39, 0.29) is 12.1 Å². The predicted octanol–water partition coefficient (Wildman–Crippen LogP) is 3.43. The largest absolute Gasteiger partial charge is 0.481 e. The summed E-state index contributed by atoms with van der Waals surface area (Å²) in [7, 11) is 0. The van der Waals surface area contributed by atoms with Crippen LogP contribution in [-0.2, 0) is 22.6 Å². The molecule has 0 fully saturated rings. The van der Waals surface area contributed by atoms with Crippen molar-refractivity contribution in [3.05, 3.63) is 46.8 Å². The molecular weight excluding hydrogens is 363 g/mol. The highest BCUT2D eigenvalue weighted by molar-refractivity contribution is 5.97. The number of hydrogen-bond donors (Lipinski definition) is 2.